The van der Waals surface area contributed by atoms with Gasteiger partial charge in [0.2, 0.25) is 5.91 Å². The molecule has 9 nitrogen and oxygen atoms in total. The number of ether oxygens (including phenoxy) is 1. The van der Waals surface area contributed by atoms with E-state index in [0.717, 1.165) is 28.7 Å². The smallest absolute Gasteiger partial charge is 0.332 e. The molecule has 9 heteroatoms. The van der Waals surface area contributed by atoms with E-state index >= 15 is 0 Å². The second-order valence-corrected chi connectivity index (χ2v) is 7.21. The van der Waals surface area contributed by atoms with E-state index in [2.05, 4.69) is 17.2 Å². The van der Waals surface area contributed by atoms with E-state index in [9.17, 15) is 14.4 Å². The molecule has 0 spiro atoms. The number of hydrogen-bond acceptors (Lipinski definition) is 5. The summed E-state index contributed by atoms with van der Waals surface area (Å²) < 4.78 is 9.38. The molecule has 0 unspecified atom stereocenters. The molecule has 3 aromatic rings. The zero-order chi connectivity index (χ0) is 21.7. The molecule has 1 N–H and O–H groups in total. The maximum Gasteiger partial charge on any atom is 0.332 e. The van der Waals surface area contributed by atoms with Crippen molar-refractivity contribution < 1.29 is 9.53 Å². The maximum absolute atomic E-state index is 12.6. The normalized spacial score (nSPS) is 11.0. The number of carbonyl (C=O) groups is 1. The minimum atomic E-state index is -0.569. The van der Waals surface area contributed by atoms with E-state index < -0.39 is 17.2 Å². The minimum absolute atomic E-state index is 0.283. The number of aryl methyl sites for hydroxylation is 2. The van der Waals surface area contributed by atoms with Gasteiger partial charge in [-0.3, -0.25) is 14.2 Å². The van der Waals surface area contributed by atoms with E-state index in [1.807, 2.05) is 24.3 Å². The fourth-order valence-corrected chi connectivity index (χ4v) is 3.17. The molecule has 0 atom stereocenters. The van der Waals surface area contributed by atoms with Crippen molar-refractivity contribution >= 4 is 17.1 Å². The summed E-state index contributed by atoms with van der Waals surface area (Å²) in [7, 11) is 3.20. The molecule has 0 fully saturated rings. The topological polar surface area (TPSA) is 100 Å². The van der Waals surface area contributed by atoms with Crippen molar-refractivity contribution in [3.63, 3.8) is 0 Å². The Kier molecular flexibility index (Phi) is 6.71. The lowest BCUT2D eigenvalue weighted by atomic mass is 10.1. The number of benzene rings is 1. The summed E-state index contributed by atoms with van der Waals surface area (Å²) in [5.41, 5.74) is 0.543. The zero-order valence-electron chi connectivity index (χ0n) is 17.6. The second-order valence-electron chi connectivity index (χ2n) is 7.21. The molecule has 0 saturated heterocycles. The highest BCUT2D eigenvalue weighted by atomic mass is 16.5. The standard InChI is InChI=1S/C21H27N5O4/c1-4-5-12-30-16-8-6-15(7-9-16)10-11-22-17(27)13-26-20(28)18-19(23-14-24(18)2)25(3)21(26)29/h6-9,14H,4-5,10-13H2,1-3H3,(H,22,27). The van der Waals surface area contributed by atoms with Gasteiger partial charge < -0.3 is 14.6 Å². The van der Waals surface area contributed by atoms with Crippen LogP contribution in [0.1, 0.15) is 25.3 Å². The number of nitrogens with one attached hydrogen (secondary N) is 1. The third-order valence-electron chi connectivity index (χ3n) is 4.93. The molecule has 1 aromatic carbocycles. The molecule has 2 heterocycles. The van der Waals surface area contributed by atoms with Crippen molar-refractivity contribution in [3.05, 3.63) is 57.0 Å². The van der Waals surface area contributed by atoms with Gasteiger partial charge in [0.05, 0.1) is 12.9 Å². The zero-order valence-corrected chi connectivity index (χ0v) is 17.6. The molecule has 0 bridgehead atoms. The number of rotatable bonds is 9. The molecule has 0 aliphatic carbocycles. The van der Waals surface area contributed by atoms with Crippen LogP contribution in [0, 0.1) is 0 Å². The van der Waals surface area contributed by atoms with Gasteiger partial charge >= 0.3 is 5.69 Å². The molecule has 0 aliphatic heterocycles. The van der Waals surface area contributed by atoms with Gasteiger partial charge in [-0.15, -0.1) is 0 Å². The van der Waals surface area contributed by atoms with Gasteiger partial charge in [-0.1, -0.05) is 25.5 Å². The Labute approximate surface area is 173 Å². The number of imidazole rings is 1. The number of aromatic nitrogens is 4. The fourth-order valence-electron chi connectivity index (χ4n) is 3.17. The Bertz CT molecular complexity index is 1140. The SMILES string of the molecule is CCCCOc1ccc(CCNC(=O)Cn2c(=O)c3c(ncn3C)n(C)c2=O)cc1. The van der Waals surface area contributed by atoms with Gasteiger partial charge in [0.1, 0.15) is 12.3 Å². The third-order valence-corrected chi connectivity index (χ3v) is 4.93. The van der Waals surface area contributed by atoms with Crippen LogP contribution in [0.2, 0.25) is 0 Å². The number of fused-ring (bicyclic) bond motifs is 1. The summed E-state index contributed by atoms with van der Waals surface area (Å²) in [6.45, 7) is 2.89. The lowest BCUT2D eigenvalue weighted by molar-refractivity contribution is -0.121. The van der Waals surface area contributed by atoms with Gasteiger partial charge in [0, 0.05) is 20.6 Å². The lowest BCUT2D eigenvalue weighted by Crippen LogP contribution is -2.43. The quantitative estimate of drug-likeness (QED) is 0.527. The minimum Gasteiger partial charge on any atom is -0.494 e. The van der Waals surface area contributed by atoms with Gasteiger partial charge in [0.25, 0.3) is 5.56 Å². The molecule has 160 valence electrons. The average Bonchev–Trinajstić information content (AvgIpc) is 3.13. The summed E-state index contributed by atoms with van der Waals surface area (Å²) >= 11 is 0. The van der Waals surface area contributed by atoms with Crippen LogP contribution in [0.15, 0.2) is 40.2 Å². The van der Waals surface area contributed by atoms with Gasteiger partial charge in [-0.25, -0.2) is 14.3 Å². The van der Waals surface area contributed by atoms with Crippen molar-refractivity contribution in [2.75, 3.05) is 13.2 Å². The van der Waals surface area contributed by atoms with Crippen molar-refractivity contribution in [2.45, 2.75) is 32.7 Å². The van der Waals surface area contributed by atoms with E-state index in [4.69, 9.17) is 4.74 Å². The summed E-state index contributed by atoms with van der Waals surface area (Å²) in [5.74, 6) is 0.437. The average molecular weight is 413 g/mol. The van der Waals surface area contributed by atoms with Crippen molar-refractivity contribution in [1.29, 1.82) is 0 Å². The fraction of sp³-hybridized carbons (Fsp3) is 0.429. The van der Waals surface area contributed by atoms with Crippen LogP contribution in [-0.4, -0.2) is 37.7 Å². The highest BCUT2D eigenvalue weighted by Crippen LogP contribution is 2.13. The first-order chi connectivity index (χ1) is 14.4. The first-order valence-electron chi connectivity index (χ1n) is 10.0. The number of unbranched alkanes of at least 4 members (excludes halogenated alkanes) is 1. The van der Waals surface area contributed by atoms with Crippen LogP contribution >= 0.6 is 0 Å². The van der Waals surface area contributed by atoms with E-state index in [0.29, 0.717) is 25.2 Å². The number of amides is 1. The summed E-state index contributed by atoms with van der Waals surface area (Å²) in [6, 6.07) is 7.76. The highest BCUT2D eigenvalue weighted by Gasteiger charge is 2.16. The Morgan fingerprint density at radius 3 is 2.60 bits per heavy atom. The summed E-state index contributed by atoms with van der Waals surface area (Å²) in [6.07, 6.45) is 4.21. The van der Waals surface area contributed by atoms with Gasteiger partial charge in [-0.05, 0) is 30.5 Å². The Balaban J connectivity index is 1.58. The largest absolute Gasteiger partial charge is 0.494 e. The predicted octanol–water partition coefficient (Wildman–Crippen LogP) is 0.972. The number of carbonyl (C=O) groups excluding carboxylic acids is 1. The highest BCUT2D eigenvalue weighted by molar-refractivity contribution is 5.76. The summed E-state index contributed by atoms with van der Waals surface area (Å²) in [5, 5.41) is 2.77. The molecular formula is C21H27N5O4. The van der Waals surface area contributed by atoms with E-state index in [1.165, 1.54) is 17.9 Å². The van der Waals surface area contributed by atoms with Crippen molar-refractivity contribution in [1.82, 2.24) is 24.0 Å². The summed E-state index contributed by atoms with van der Waals surface area (Å²) in [4.78, 5) is 41.5. The first kappa shape index (κ1) is 21.4. The molecule has 1 amide bonds. The second kappa shape index (κ2) is 9.43. The molecule has 0 radical (unpaired) electrons. The lowest BCUT2D eigenvalue weighted by Gasteiger charge is -2.10. The van der Waals surface area contributed by atoms with Gasteiger partial charge in [-0.2, -0.15) is 0 Å². The van der Waals surface area contributed by atoms with Crippen LogP contribution < -0.4 is 21.3 Å². The molecule has 2 aromatic heterocycles. The monoisotopic (exact) mass is 413 g/mol. The van der Waals surface area contributed by atoms with Crippen LogP contribution in [-0.2, 0) is 31.9 Å². The molecule has 0 aliphatic rings. The van der Waals surface area contributed by atoms with Crippen LogP contribution in [0.4, 0.5) is 0 Å². The van der Waals surface area contributed by atoms with E-state index in [-0.39, 0.29) is 12.1 Å². The predicted molar refractivity (Wildman–Crippen MR) is 114 cm³/mol. The Hall–Kier alpha value is -3.36. The molecule has 3 rings (SSSR count). The number of hydrogen-bond donors (Lipinski definition) is 1. The maximum atomic E-state index is 12.6. The van der Waals surface area contributed by atoms with Crippen molar-refractivity contribution in [2.24, 2.45) is 14.1 Å². The van der Waals surface area contributed by atoms with Crippen LogP contribution in [0.25, 0.3) is 11.2 Å². The van der Waals surface area contributed by atoms with Crippen molar-refractivity contribution in [3.8, 4) is 5.75 Å². The molecular weight excluding hydrogens is 386 g/mol. The Morgan fingerprint density at radius 2 is 1.90 bits per heavy atom. The number of nitrogens with zero attached hydrogens (tertiary/aromatic N) is 4. The molecule has 30 heavy (non-hydrogen) atoms. The van der Waals surface area contributed by atoms with Crippen LogP contribution in [0.5, 0.6) is 5.75 Å². The third kappa shape index (κ3) is 4.61. The Morgan fingerprint density at radius 1 is 1.17 bits per heavy atom. The van der Waals surface area contributed by atoms with E-state index in [1.54, 1.807) is 11.6 Å². The van der Waals surface area contributed by atoms with Crippen LogP contribution in [0.3, 0.4) is 0 Å². The first-order valence-corrected chi connectivity index (χ1v) is 10.0. The molecule has 0 saturated carbocycles. The van der Waals surface area contributed by atoms with Gasteiger partial charge in [0.15, 0.2) is 11.2 Å².